The van der Waals surface area contributed by atoms with E-state index in [1.807, 2.05) is 30.3 Å². The summed E-state index contributed by atoms with van der Waals surface area (Å²) in [5.41, 5.74) is 1.24. The summed E-state index contributed by atoms with van der Waals surface area (Å²) in [7, 11) is 0. The Morgan fingerprint density at radius 3 is 2.50 bits per heavy atom. The van der Waals surface area contributed by atoms with E-state index in [1.54, 1.807) is 12.1 Å². The smallest absolute Gasteiger partial charge is 0.275 e. The van der Waals surface area contributed by atoms with Gasteiger partial charge in [-0.3, -0.25) is 4.79 Å². The normalized spacial score (nSPS) is 11.8. The van der Waals surface area contributed by atoms with Gasteiger partial charge in [0.25, 0.3) is 5.91 Å². The van der Waals surface area contributed by atoms with Gasteiger partial charge >= 0.3 is 0 Å². The Hall–Kier alpha value is -2.04. The molecule has 0 spiro atoms. The molecule has 2 aromatic carbocycles. The average molecular weight is 348 g/mol. The lowest BCUT2D eigenvalue weighted by Gasteiger charge is -2.17. The van der Waals surface area contributed by atoms with Gasteiger partial charge < -0.3 is 15.0 Å². The van der Waals surface area contributed by atoms with E-state index in [0.29, 0.717) is 24.7 Å². The molecule has 0 aliphatic carbocycles. The maximum absolute atomic E-state index is 12.1. The number of hydrogen-bond donors (Lipinski definition) is 2. The van der Waals surface area contributed by atoms with Crippen LogP contribution in [0.4, 0.5) is 0 Å². The lowest BCUT2D eigenvalue weighted by Crippen LogP contribution is -3.11. The Labute approximate surface area is 148 Å². The topological polar surface area (TPSA) is 42.8 Å². The molecule has 1 amide bonds. The van der Waals surface area contributed by atoms with E-state index in [-0.39, 0.29) is 5.91 Å². The number of nitrogens with one attached hydrogen (secondary N) is 2. The number of quaternary nitrogens is 1. The molecular weight excluding hydrogens is 324 g/mol. The summed E-state index contributed by atoms with van der Waals surface area (Å²) in [6.07, 6.45) is 0. The molecule has 0 saturated carbocycles. The van der Waals surface area contributed by atoms with Gasteiger partial charge in [-0.15, -0.1) is 0 Å². The second-order valence-corrected chi connectivity index (χ2v) is 6.03. The van der Waals surface area contributed by atoms with Crippen molar-refractivity contribution < 1.29 is 14.4 Å². The second-order valence-electron chi connectivity index (χ2n) is 5.60. The number of halogens is 1. The summed E-state index contributed by atoms with van der Waals surface area (Å²) in [6.45, 7) is 5.24. The zero-order valence-corrected chi connectivity index (χ0v) is 14.7. The van der Waals surface area contributed by atoms with E-state index >= 15 is 0 Å². The second kappa shape index (κ2) is 9.96. The molecular formula is C19H24ClN2O2+. The molecule has 2 N–H and O–H groups in total. The fourth-order valence-electron chi connectivity index (χ4n) is 2.38. The Morgan fingerprint density at radius 2 is 1.83 bits per heavy atom. The maximum Gasteiger partial charge on any atom is 0.275 e. The number of amides is 1. The lowest BCUT2D eigenvalue weighted by atomic mass is 10.2. The highest BCUT2D eigenvalue weighted by molar-refractivity contribution is 6.30. The molecule has 2 rings (SSSR count). The predicted octanol–water partition coefficient (Wildman–Crippen LogP) is 1.94. The number of hydrogen-bond acceptors (Lipinski definition) is 2. The van der Waals surface area contributed by atoms with Crippen LogP contribution in [-0.2, 0) is 11.3 Å². The molecule has 1 atom stereocenters. The van der Waals surface area contributed by atoms with E-state index in [0.717, 1.165) is 18.8 Å². The van der Waals surface area contributed by atoms with Crippen LogP contribution in [0.25, 0.3) is 0 Å². The van der Waals surface area contributed by atoms with Gasteiger partial charge in [0.15, 0.2) is 6.54 Å². The van der Waals surface area contributed by atoms with Crippen LogP contribution < -0.4 is 15.0 Å². The van der Waals surface area contributed by atoms with Gasteiger partial charge in [0, 0.05) is 10.6 Å². The molecule has 0 saturated heterocycles. The average Bonchev–Trinajstić information content (AvgIpc) is 2.60. The third-order valence-electron chi connectivity index (χ3n) is 3.71. The number of carbonyl (C=O) groups is 1. The van der Waals surface area contributed by atoms with Gasteiger partial charge in [0.2, 0.25) is 0 Å². The maximum atomic E-state index is 12.1. The first-order valence-corrected chi connectivity index (χ1v) is 8.57. The van der Waals surface area contributed by atoms with Crippen LogP contribution in [0.2, 0.25) is 5.02 Å². The van der Waals surface area contributed by atoms with Crippen molar-refractivity contribution in [3.8, 4) is 5.75 Å². The molecule has 1 unspecified atom stereocenters. The summed E-state index contributed by atoms with van der Waals surface area (Å²) >= 11 is 5.82. The van der Waals surface area contributed by atoms with Crippen molar-refractivity contribution in [2.45, 2.75) is 13.5 Å². The number of likely N-dealkylation sites (N-methyl/N-ethyl adjacent to an activating group) is 1. The zero-order chi connectivity index (χ0) is 17.2. The molecule has 0 heterocycles. The quantitative estimate of drug-likeness (QED) is 0.681. The van der Waals surface area contributed by atoms with E-state index < -0.39 is 0 Å². The molecule has 5 heteroatoms. The number of benzene rings is 2. The molecule has 0 aliphatic heterocycles. The Bertz CT molecular complexity index is 617. The predicted molar refractivity (Wildman–Crippen MR) is 96.5 cm³/mol. The molecule has 0 fully saturated rings. The Balaban J connectivity index is 1.67. The summed E-state index contributed by atoms with van der Waals surface area (Å²) < 4.78 is 5.56. The number of rotatable bonds is 9. The molecule has 128 valence electrons. The SMILES string of the molecule is CC[NH+](CC(=O)NCCOc1ccc(Cl)cc1)Cc1ccccc1. The van der Waals surface area contributed by atoms with Crippen LogP contribution >= 0.6 is 11.6 Å². The van der Waals surface area contributed by atoms with Crippen LogP contribution in [0.1, 0.15) is 12.5 Å². The van der Waals surface area contributed by atoms with Gasteiger partial charge in [-0.25, -0.2) is 0 Å². The standard InChI is InChI=1S/C19H23ClN2O2/c1-2-22(14-16-6-4-3-5-7-16)15-19(23)21-12-13-24-18-10-8-17(20)9-11-18/h3-11H,2,12-15H2,1H3,(H,21,23)/p+1. The summed E-state index contributed by atoms with van der Waals surface area (Å²) in [4.78, 5) is 13.3. The molecule has 0 bridgehead atoms. The van der Waals surface area contributed by atoms with Gasteiger partial charge in [-0.05, 0) is 31.2 Å². The summed E-state index contributed by atoms with van der Waals surface area (Å²) in [5.74, 6) is 0.793. The highest BCUT2D eigenvalue weighted by Crippen LogP contribution is 2.14. The number of carbonyl (C=O) groups excluding carboxylic acids is 1. The van der Waals surface area contributed by atoms with E-state index in [2.05, 4.69) is 24.4 Å². The van der Waals surface area contributed by atoms with E-state index in [4.69, 9.17) is 16.3 Å². The first-order chi connectivity index (χ1) is 11.7. The van der Waals surface area contributed by atoms with E-state index in [9.17, 15) is 4.79 Å². The van der Waals surface area contributed by atoms with Gasteiger partial charge in [0.1, 0.15) is 18.9 Å². The van der Waals surface area contributed by atoms with Crippen molar-refractivity contribution in [2.24, 2.45) is 0 Å². The van der Waals surface area contributed by atoms with Crippen LogP contribution in [0.15, 0.2) is 54.6 Å². The van der Waals surface area contributed by atoms with Gasteiger partial charge in [0.05, 0.1) is 13.1 Å². The first-order valence-electron chi connectivity index (χ1n) is 8.20. The van der Waals surface area contributed by atoms with Crippen molar-refractivity contribution in [2.75, 3.05) is 26.2 Å². The van der Waals surface area contributed by atoms with Crippen molar-refractivity contribution in [1.29, 1.82) is 0 Å². The van der Waals surface area contributed by atoms with E-state index in [1.165, 1.54) is 10.5 Å². The summed E-state index contributed by atoms with van der Waals surface area (Å²) in [6, 6.07) is 17.4. The lowest BCUT2D eigenvalue weighted by molar-refractivity contribution is -0.904. The number of ether oxygens (including phenoxy) is 1. The van der Waals surface area contributed by atoms with Crippen molar-refractivity contribution in [1.82, 2.24) is 5.32 Å². The third kappa shape index (κ3) is 6.60. The largest absolute Gasteiger partial charge is 0.492 e. The monoisotopic (exact) mass is 347 g/mol. The molecule has 0 radical (unpaired) electrons. The van der Waals surface area contributed by atoms with Crippen LogP contribution in [0, 0.1) is 0 Å². The van der Waals surface area contributed by atoms with Crippen LogP contribution in [0.5, 0.6) is 5.75 Å². The molecule has 4 nitrogen and oxygen atoms in total. The summed E-state index contributed by atoms with van der Waals surface area (Å²) in [5, 5.41) is 3.58. The third-order valence-corrected chi connectivity index (χ3v) is 3.97. The Kier molecular flexibility index (Phi) is 7.59. The van der Waals surface area contributed by atoms with Crippen molar-refractivity contribution in [3.63, 3.8) is 0 Å². The van der Waals surface area contributed by atoms with Gasteiger partial charge in [-0.2, -0.15) is 0 Å². The van der Waals surface area contributed by atoms with Gasteiger partial charge in [-0.1, -0.05) is 41.9 Å². The molecule has 2 aromatic rings. The fourth-order valence-corrected chi connectivity index (χ4v) is 2.50. The minimum Gasteiger partial charge on any atom is -0.492 e. The minimum atomic E-state index is 0.0440. The van der Waals surface area contributed by atoms with Crippen LogP contribution in [0.3, 0.4) is 0 Å². The minimum absolute atomic E-state index is 0.0440. The van der Waals surface area contributed by atoms with Crippen LogP contribution in [-0.4, -0.2) is 32.1 Å². The molecule has 0 aromatic heterocycles. The van der Waals surface area contributed by atoms with Crippen molar-refractivity contribution in [3.05, 3.63) is 65.2 Å². The van der Waals surface area contributed by atoms with Crippen molar-refractivity contribution >= 4 is 17.5 Å². The zero-order valence-electron chi connectivity index (χ0n) is 13.9. The highest BCUT2D eigenvalue weighted by atomic mass is 35.5. The molecule has 24 heavy (non-hydrogen) atoms. The highest BCUT2D eigenvalue weighted by Gasteiger charge is 2.12. The Morgan fingerprint density at radius 1 is 1.12 bits per heavy atom. The first kappa shape index (κ1) is 18.3. The fraction of sp³-hybridized carbons (Fsp3) is 0.316. The molecule has 0 aliphatic rings.